The second kappa shape index (κ2) is 8.72. The van der Waals surface area contributed by atoms with Crippen molar-refractivity contribution in [3.63, 3.8) is 0 Å². The highest BCUT2D eigenvalue weighted by atomic mass is 16.7. The molecule has 0 bridgehead atoms. The highest BCUT2D eigenvalue weighted by molar-refractivity contribution is 5.45. The molecule has 2 heterocycles. The predicted molar refractivity (Wildman–Crippen MR) is 95.8 cm³/mol. The topological polar surface area (TPSA) is 39.7 Å². The molecule has 134 valence electrons. The van der Waals surface area contributed by atoms with Crippen LogP contribution in [0.25, 0.3) is 0 Å². The van der Waals surface area contributed by atoms with E-state index in [1.165, 1.54) is 31.2 Å². The Balaban J connectivity index is 1.53. The Morgan fingerprint density at radius 2 is 2.00 bits per heavy atom. The Bertz CT molecular complexity index is 512. The van der Waals surface area contributed by atoms with Crippen LogP contribution in [0.15, 0.2) is 18.2 Å². The summed E-state index contributed by atoms with van der Waals surface area (Å²) >= 11 is 0. The van der Waals surface area contributed by atoms with Gasteiger partial charge < -0.3 is 19.5 Å². The molecule has 3 rings (SSSR count). The number of ether oxygens (including phenoxy) is 3. The maximum absolute atomic E-state index is 5.68. The molecule has 4 heteroatoms. The second-order valence-corrected chi connectivity index (χ2v) is 7.41. The van der Waals surface area contributed by atoms with E-state index < -0.39 is 0 Å². The number of benzene rings is 1. The van der Waals surface area contributed by atoms with Gasteiger partial charge in [0.15, 0.2) is 11.5 Å². The Morgan fingerprint density at radius 1 is 1.12 bits per heavy atom. The molecule has 0 saturated carbocycles. The molecule has 0 amide bonds. The van der Waals surface area contributed by atoms with Crippen molar-refractivity contribution in [2.75, 3.05) is 26.5 Å². The second-order valence-electron chi connectivity index (χ2n) is 7.41. The molecule has 1 saturated heterocycles. The summed E-state index contributed by atoms with van der Waals surface area (Å²) < 4.78 is 16.7. The van der Waals surface area contributed by atoms with E-state index in [4.69, 9.17) is 14.2 Å². The van der Waals surface area contributed by atoms with Gasteiger partial charge in [0.05, 0.1) is 6.10 Å². The number of nitrogens with one attached hydrogen (secondary N) is 1. The van der Waals surface area contributed by atoms with Gasteiger partial charge in [-0.15, -0.1) is 0 Å². The minimum Gasteiger partial charge on any atom is -0.454 e. The van der Waals surface area contributed by atoms with Gasteiger partial charge in [0, 0.05) is 13.2 Å². The Hall–Kier alpha value is -1.26. The number of hydrogen-bond acceptors (Lipinski definition) is 4. The van der Waals surface area contributed by atoms with Crippen molar-refractivity contribution in [1.82, 2.24) is 5.32 Å². The van der Waals surface area contributed by atoms with E-state index in [0.29, 0.717) is 18.8 Å². The van der Waals surface area contributed by atoms with Crippen LogP contribution in [-0.2, 0) is 4.74 Å². The van der Waals surface area contributed by atoms with Gasteiger partial charge in [-0.2, -0.15) is 0 Å². The zero-order chi connectivity index (χ0) is 16.8. The number of hydrogen-bond donors (Lipinski definition) is 1. The summed E-state index contributed by atoms with van der Waals surface area (Å²) in [6.07, 6.45) is 6.46. The first kappa shape index (κ1) is 17.6. The molecule has 24 heavy (non-hydrogen) atoms. The quantitative estimate of drug-likeness (QED) is 0.691. The van der Waals surface area contributed by atoms with Crippen LogP contribution in [0.5, 0.6) is 11.5 Å². The van der Waals surface area contributed by atoms with Gasteiger partial charge in [-0.05, 0) is 61.8 Å². The Labute approximate surface area is 145 Å². The largest absolute Gasteiger partial charge is 0.454 e. The lowest BCUT2D eigenvalue weighted by molar-refractivity contribution is 0.110. The first-order chi connectivity index (χ1) is 11.7. The van der Waals surface area contributed by atoms with Crippen LogP contribution in [0.1, 0.15) is 57.4 Å². The van der Waals surface area contributed by atoms with E-state index in [9.17, 15) is 0 Å². The van der Waals surface area contributed by atoms with Crippen LogP contribution in [-0.4, -0.2) is 32.6 Å². The molecule has 2 aliphatic heterocycles. The monoisotopic (exact) mass is 333 g/mol. The van der Waals surface area contributed by atoms with Crippen LogP contribution in [0, 0.1) is 5.92 Å². The lowest BCUT2D eigenvalue weighted by Gasteiger charge is -2.20. The first-order valence-electron chi connectivity index (χ1n) is 9.44. The van der Waals surface area contributed by atoms with Crippen molar-refractivity contribution >= 4 is 0 Å². The molecule has 0 spiro atoms. The van der Waals surface area contributed by atoms with Crippen molar-refractivity contribution < 1.29 is 14.2 Å². The van der Waals surface area contributed by atoms with E-state index in [2.05, 4.69) is 37.4 Å². The van der Waals surface area contributed by atoms with Gasteiger partial charge in [-0.1, -0.05) is 26.3 Å². The molecule has 0 unspecified atom stereocenters. The third-order valence-corrected chi connectivity index (χ3v) is 5.03. The fourth-order valence-corrected chi connectivity index (χ4v) is 3.52. The molecular formula is C20H31NO3. The van der Waals surface area contributed by atoms with Crippen molar-refractivity contribution in [2.45, 2.75) is 58.0 Å². The molecule has 1 aromatic rings. The summed E-state index contributed by atoms with van der Waals surface area (Å²) in [6, 6.07) is 6.44. The van der Waals surface area contributed by atoms with E-state index in [1.54, 1.807) is 0 Å². The van der Waals surface area contributed by atoms with Crippen LogP contribution < -0.4 is 14.8 Å². The minimum atomic E-state index is 0.346. The molecule has 0 aromatic heterocycles. The van der Waals surface area contributed by atoms with Gasteiger partial charge in [-0.3, -0.25) is 0 Å². The standard InChI is InChI=1S/C20H31NO3/c1-15(2)5-6-16(9-10-21-13-18-4-3-11-22-18)17-7-8-19-20(12-17)24-14-23-19/h7-8,12,15-16,18,21H,3-6,9-11,13-14H2,1-2H3/t16-,18+/m0/s1. The summed E-state index contributed by atoms with van der Waals surface area (Å²) in [4.78, 5) is 0. The maximum atomic E-state index is 5.68. The summed E-state index contributed by atoms with van der Waals surface area (Å²) in [7, 11) is 0. The predicted octanol–water partition coefficient (Wildman–Crippen LogP) is 4.09. The summed E-state index contributed by atoms with van der Waals surface area (Å²) in [5, 5.41) is 3.59. The minimum absolute atomic E-state index is 0.346. The van der Waals surface area contributed by atoms with Crippen LogP contribution in [0.4, 0.5) is 0 Å². The zero-order valence-corrected chi connectivity index (χ0v) is 15.1. The Kier molecular flexibility index (Phi) is 6.38. The highest BCUT2D eigenvalue weighted by Crippen LogP contribution is 2.37. The zero-order valence-electron chi connectivity index (χ0n) is 15.1. The number of fused-ring (bicyclic) bond motifs is 1. The van der Waals surface area contributed by atoms with Gasteiger partial charge >= 0.3 is 0 Å². The van der Waals surface area contributed by atoms with Gasteiger partial charge in [0.25, 0.3) is 0 Å². The molecule has 2 atom stereocenters. The third kappa shape index (κ3) is 4.87. The third-order valence-electron chi connectivity index (χ3n) is 5.03. The lowest BCUT2D eigenvalue weighted by Crippen LogP contribution is -2.27. The smallest absolute Gasteiger partial charge is 0.231 e. The number of rotatable bonds is 9. The summed E-state index contributed by atoms with van der Waals surface area (Å²) in [5.41, 5.74) is 1.37. The fraction of sp³-hybridized carbons (Fsp3) is 0.700. The molecular weight excluding hydrogens is 302 g/mol. The molecule has 1 aromatic carbocycles. The summed E-state index contributed by atoms with van der Waals surface area (Å²) in [6.45, 7) is 7.90. The molecule has 1 fully saturated rings. The lowest BCUT2D eigenvalue weighted by atomic mass is 9.88. The van der Waals surface area contributed by atoms with Gasteiger partial charge in [0.2, 0.25) is 6.79 Å². The molecule has 1 N–H and O–H groups in total. The molecule has 0 radical (unpaired) electrons. The van der Waals surface area contributed by atoms with Crippen molar-refractivity contribution in [3.8, 4) is 11.5 Å². The van der Waals surface area contributed by atoms with E-state index in [0.717, 1.165) is 43.5 Å². The first-order valence-corrected chi connectivity index (χ1v) is 9.44. The van der Waals surface area contributed by atoms with Crippen LogP contribution >= 0.6 is 0 Å². The van der Waals surface area contributed by atoms with Gasteiger partial charge in [0.1, 0.15) is 0 Å². The van der Waals surface area contributed by atoms with E-state index >= 15 is 0 Å². The fourth-order valence-electron chi connectivity index (χ4n) is 3.52. The van der Waals surface area contributed by atoms with Gasteiger partial charge in [-0.25, -0.2) is 0 Å². The Morgan fingerprint density at radius 3 is 2.79 bits per heavy atom. The average Bonchev–Trinajstić information content (AvgIpc) is 3.24. The van der Waals surface area contributed by atoms with Crippen molar-refractivity contribution in [1.29, 1.82) is 0 Å². The SMILES string of the molecule is CC(C)CC[C@@H](CCNC[C@H]1CCCO1)c1ccc2c(c1)OCO2. The summed E-state index contributed by atoms with van der Waals surface area (Å²) in [5.74, 6) is 3.08. The van der Waals surface area contributed by atoms with E-state index in [-0.39, 0.29) is 0 Å². The average molecular weight is 333 g/mol. The van der Waals surface area contributed by atoms with Crippen molar-refractivity contribution in [2.24, 2.45) is 5.92 Å². The molecule has 2 aliphatic rings. The van der Waals surface area contributed by atoms with E-state index in [1.807, 2.05) is 0 Å². The molecule has 0 aliphatic carbocycles. The van der Waals surface area contributed by atoms with Crippen molar-refractivity contribution in [3.05, 3.63) is 23.8 Å². The highest BCUT2D eigenvalue weighted by Gasteiger charge is 2.19. The van der Waals surface area contributed by atoms with Crippen LogP contribution in [0.3, 0.4) is 0 Å². The maximum Gasteiger partial charge on any atom is 0.231 e. The molecule has 4 nitrogen and oxygen atoms in total. The normalized spacial score (nSPS) is 20.7. The van der Waals surface area contributed by atoms with Crippen LogP contribution in [0.2, 0.25) is 0 Å².